The van der Waals surface area contributed by atoms with Crippen molar-refractivity contribution in [2.75, 3.05) is 13.1 Å². The summed E-state index contributed by atoms with van der Waals surface area (Å²) in [4.78, 5) is 35.1. The molecule has 0 radical (unpaired) electrons. The van der Waals surface area contributed by atoms with Crippen LogP contribution in [-0.4, -0.2) is 42.0 Å². The zero-order chi connectivity index (χ0) is 20.5. The Kier molecular flexibility index (Phi) is 8.24. The Hall–Kier alpha value is -2.62. The molecule has 28 heavy (non-hydrogen) atoms. The fraction of sp³-hybridized carbons (Fsp3) is 0.556. The molecule has 3 atom stereocenters. The SMILES string of the molecule is C[C@@H]1[C@H](C)CCC[C@H]1NC(=S)NNC(=O)CNC(=O)CNC(=O)c1ccco1. The number of amides is 3. The van der Waals surface area contributed by atoms with Gasteiger partial charge in [-0.3, -0.25) is 25.2 Å². The number of nitrogens with one attached hydrogen (secondary N) is 5. The molecule has 1 saturated carbocycles. The third kappa shape index (κ3) is 6.84. The molecule has 0 spiro atoms. The lowest BCUT2D eigenvalue weighted by atomic mass is 9.78. The summed E-state index contributed by atoms with van der Waals surface area (Å²) in [5.74, 6) is -0.223. The largest absolute Gasteiger partial charge is 0.459 e. The van der Waals surface area contributed by atoms with E-state index in [4.69, 9.17) is 16.6 Å². The van der Waals surface area contributed by atoms with Crippen molar-refractivity contribution in [2.45, 2.75) is 39.2 Å². The highest BCUT2D eigenvalue weighted by Gasteiger charge is 2.27. The molecule has 0 saturated heterocycles. The molecule has 3 amide bonds. The van der Waals surface area contributed by atoms with E-state index in [-0.39, 0.29) is 24.9 Å². The highest BCUT2D eigenvalue weighted by atomic mass is 32.1. The molecule has 9 nitrogen and oxygen atoms in total. The third-order valence-corrected chi connectivity index (χ3v) is 5.16. The lowest BCUT2D eigenvalue weighted by Gasteiger charge is -2.35. The van der Waals surface area contributed by atoms with Gasteiger partial charge in [-0.1, -0.05) is 26.7 Å². The summed E-state index contributed by atoms with van der Waals surface area (Å²) in [7, 11) is 0. The van der Waals surface area contributed by atoms with Crippen LogP contribution in [0.3, 0.4) is 0 Å². The number of hydrogen-bond acceptors (Lipinski definition) is 5. The molecule has 1 heterocycles. The van der Waals surface area contributed by atoms with Gasteiger partial charge in [0.2, 0.25) is 5.91 Å². The molecule has 10 heteroatoms. The Morgan fingerprint density at radius 2 is 1.86 bits per heavy atom. The maximum absolute atomic E-state index is 11.8. The minimum absolute atomic E-state index is 0.109. The van der Waals surface area contributed by atoms with Crippen LogP contribution in [0.15, 0.2) is 22.8 Å². The van der Waals surface area contributed by atoms with Crippen LogP contribution in [-0.2, 0) is 9.59 Å². The number of carbonyl (C=O) groups excluding carboxylic acids is 3. The van der Waals surface area contributed by atoms with Crippen LogP contribution in [0.5, 0.6) is 0 Å². The lowest BCUT2D eigenvalue weighted by molar-refractivity contribution is -0.125. The van der Waals surface area contributed by atoms with Crippen molar-refractivity contribution in [1.82, 2.24) is 26.8 Å². The van der Waals surface area contributed by atoms with Crippen molar-refractivity contribution in [3.05, 3.63) is 24.2 Å². The van der Waals surface area contributed by atoms with Crippen LogP contribution in [0.1, 0.15) is 43.7 Å². The number of hydrazine groups is 1. The van der Waals surface area contributed by atoms with Gasteiger partial charge >= 0.3 is 0 Å². The molecular weight excluding hydrogens is 382 g/mol. The molecule has 1 aliphatic rings. The van der Waals surface area contributed by atoms with E-state index in [9.17, 15) is 14.4 Å². The summed E-state index contributed by atoms with van der Waals surface area (Å²) in [6.07, 6.45) is 4.78. The fourth-order valence-corrected chi connectivity index (χ4v) is 3.26. The van der Waals surface area contributed by atoms with E-state index in [1.54, 1.807) is 6.07 Å². The quantitative estimate of drug-likeness (QED) is 0.341. The molecule has 1 fully saturated rings. The van der Waals surface area contributed by atoms with Gasteiger partial charge < -0.3 is 20.4 Å². The van der Waals surface area contributed by atoms with E-state index < -0.39 is 17.7 Å². The van der Waals surface area contributed by atoms with Crippen molar-refractivity contribution in [1.29, 1.82) is 0 Å². The van der Waals surface area contributed by atoms with Gasteiger partial charge in [0.05, 0.1) is 19.4 Å². The maximum atomic E-state index is 11.8. The Balaban J connectivity index is 1.59. The minimum atomic E-state index is -0.506. The van der Waals surface area contributed by atoms with Gasteiger partial charge in [0.15, 0.2) is 10.9 Å². The van der Waals surface area contributed by atoms with Gasteiger partial charge in [0, 0.05) is 6.04 Å². The molecular formula is C18H27N5O4S. The van der Waals surface area contributed by atoms with E-state index in [1.165, 1.54) is 18.8 Å². The number of furan rings is 1. The lowest BCUT2D eigenvalue weighted by Crippen LogP contribution is -2.54. The molecule has 2 rings (SSSR count). The molecule has 0 bridgehead atoms. The smallest absolute Gasteiger partial charge is 0.287 e. The Morgan fingerprint density at radius 3 is 2.57 bits per heavy atom. The number of hydrogen-bond donors (Lipinski definition) is 5. The van der Waals surface area contributed by atoms with Crippen LogP contribution in [0.4, 0.5) is 0 Å². The molecule has 1 aromatic rings. The van der Waals surface area contributed by atoms with Crippen molar-refractivity contribution < 1.29 is 18.8 Å². The van der Waals surface area contributed by atoms with Crippen LogP contribution in [0.2, 0.25) is 0 Å². The normalized spacial score (nSPS) is 21.3. The molecule has 1 aromatic heterocycles. The maximum Gasteiger partial charge on any atom is 0.287 e. The number of thiocarbonyl (C=S) groups is 1. The summed E-state index contributed by atoms with van der Waals surface area (Å²) < 4.78 is 4.91. The summed E-state index contributed by atoms with van der Waals surface area (Å²) in [5.41, 5.74) is 5.08. The summed E-state index contributed by atoms with van der Waals surface area (Å²) in [6.45, 7) is 3.92. The second-order valence-electron chi connectivity index (χ2n) is 6.96. The van der Waals surface area contributed by atoms with E-state index in [0.29, 0.717) is 16.9 Å². The van der Waals surface area contributed by atoms with Crippen LogP contribution in [0, 0.1) is 11.8 Å². The van der Waals surface area contributed by atoms with Crippen molar-refractivity contribution >= 4 is 35.1 Å². The minimum Gasteiger partial charge on any atom is -0.459 e. The first-order valence-electron chi connectivity index (χ1n) is 9.30. The highest BCUT2D eigenvalue weighted by Crippen LogP contribution is 2.29. The molecule has 0 aliphatic heterocycles. The first kappa shape index (κ1) is 21.7. The van der Waals surface area contributed by atoms with Crippen LogP contribution >= 0.6 is 12.2 Å². The van der Waals surface area contributed by atoms with E-state index in [2.05, 4.69) is 40.6 Å². The van der Waals surface area contributed by atoms with E-state index in [1.807, 2.05) is 0 Å². The average molecular weight is 410 g/mol. The summed E-state index contributed by atoms with van der Waals surface area (Å²) in [6, 6.07) is 3.33. The van der Waals surface area contributed by atoms with Gasteiger partial charge in [-0.05, 0) is 42.6 Å². The monoisotopic (exact) mass is 409 g/mol. The zero-order valence-electron chi connectivity index (χ0n) is 16.0. The summed E-state index contributed by atoms with van der Waals surface area (Å²) in [5, 5.41) is 8.36. The molecule has 0 unspecified atom stereocenters. The van der Waals surface area contributed by atoms with Crippen molar-refractivity contribution in [3.63, 3.8) is 0 Å². The third-order valence-electron chi connectivity index (χ3n) is 4.94. The molecule has 0 aromatic carbocycles. The van der Waals surface area contributed by atoms with Gasteiger partial charge in [-0.2, -0.15) is 0 Å². The average Bonchev–Trinajstić information content (AvgIpc) is 3.21. The van der Waals surface area contributed by atoms with Crippen LogP contribution in [0.25, 0.3) is 0 Å². The van der Waals surface area contributed by atoms with Gasteiger partial charge in [-0.15, -0.1) is 0 Å². The number of carbonyl (C=O) groups is 3. The molecule has 1 aliphatic carbocycles. The van der Waals surface area contributed by atoms with Crippen LogP contribution < -0.4 is 26.8 Å². The first-order chi connectivity index (χ1) is 13.4. The molecule has 5 N–H and O–H groups in total. The standard InChI is InChI=1S/C18H27N5O4S/c1-11-5-3-6-13(12(11)2)21-18(28)23-22-16(25)10-19-15(24)9-20-17(26)14-7-4-8-27-14/h4,7-8,11-13H,3,5-6,9-10H2,1-2H3,(H,19,24)(H,20,26)(H,22,25)(H2,21,23,28)/t11-,12-,13-/m1/s1. The zero-order valence-corrected chi connectivity index (χ0v) is 16.9. The first-order valence-corrected chi connectivity index (χ1v) is 9.71. The Labute approximate surface area is 169 Å². The highest BCUT2D eigenvalue weighted by molar-refractivity contribution is 7.80. The fourth-order valence-electron chi connectivity index (χ4n) is 3.06. The summed E-state index contributed by atoms with van der Waals surface area (Å²) >= 11 is 5.21. The van der Waals surface area contributed by atoms with Crippen molar-refractivity contribution in [2.24, 2.45) is 11.8 Å². The Bertz CT molecular complexity index is 694. The van der Waals surface area contributed by atoms with Gasteiger partial charge in [0.25, 0.3) is 11.8 Å². The van der Waals surface area contributed by atoms with Gasteiger partial charge in [-0.25, -0.2) is 0 Å². The van der Waals surface area contributed by atoms with Gasteiger partial charge in [0.1, 0.15) is 0 Å². The molecule has 154 valence electrons. The van der Waals surface area contributed by atoms with E-state index in [0.717, 1.165) is 12.8 Å². The second kappa shape index (κ2) is 10.6. The second-order valence-corrected chi connectivity index (χ2v) is 7.37. The van der Waals surface area contributed by atoms with E-state index >= 15 is 0 Å². The van der Waals surface area contributed by atoms with Crippen molar-refractivity contribution in [3.8, 4) is 0 Å². The predicted molar refractivity (Wildman–Crippen MR) is 107 cm³/mol. The topological polar surface area (TPSA) is 124 Å². The Morgan fingerprint density at radius 1 is 1.11 bits per heavy atom. The number of rotatable bonds is 6. The predicted octanol–water partition coefficient (Wildman–Crippen LogP) is 0.446.